The van der Waals surface area contributed by atoms with Gasteiger partial charge >= 0.3 is 6.36 Å². The van der Waals surface area contributed by atoms with Gasteiger partial charge in [0, 0.05) is 17.1 Å². The minimum Gasteiger partial charge on any atom is -0.406 e. The molecule has 0 aliphatic rings. The van der Waals surface area contributed by atoms with E-state index in [2.05, 4.69) is 4.74 Å². The van der Waals surface area contributed by atoms with Gasteiger partial charge in [-0.15, -0.1) is 13.2 Å². The summed E-state index contributed by atoms with van der Waals surface area (Å²) in [5.41, 5.74) is 3.11. The second-order valence-electron chi connectivity index (χ2n) is 6.22. The molecule has 28 heavy (non-hydrogen) atoms. The van der Waals surface area contributed by atoms with Gasteiger partial charge in [0.1, 0.15) is 11.6 Å². The molecule has 0 saturated carbocycles. The summed E-state index contributed by atoms with van der Waals surface area (Å²) >= 11 is 6.16. The quantitative estimate of drug-likeness (QED) is 0.400. The van der Waals surface area contributed by atoms with Crippen LogP contribution in [-0.4, -0.2) is 15.9 Å². The topological polar surface area (TPSA) is 27.1 Å². The third-order valence-corrected chi connectivity index (χ3v) is 4.45. The minimum absolute atomic E-state index is 0.256. The molecule has 4 aromatic rings. The van der Waals surface area contributed by atoms with Crippen LogP contribution in [0.2, 0.25) is 5.02 Å². The van der Waals surface area contributed by atoms with Crippen LogP contribution >= 0.6 is 11.6 Å². The summed E-state index contributed by atoms with van der Waals surface area (Å²) in [7, 11) is 0. The van der Waals surface area contributed by atoms with Gasteiger partial charge in [0.25, 0.3) is 0 Å². The van der Waals surface area contributed by atoms with Crippen molar-refractivity contribution in [2.75, 3.05) is 0 Å². The first-order chi connectivity index (χ1) is 13.4. The summed E-state index contributed by atoms with van der Waals surface area (Å²) < 4.78 is 43.6. The van der Waals surface area contributed by atoms with E-state index in [9.17, 15) is 13.2 Å². The van der Waals surface area contributed by atoms with Crippen LogP contribution in [0.25, 0.3) is 22.4 Å². The molecule has 0 N–H and O–H groups in total. The maximum atomic E-state index is 12.5. The first-order valence-electron chi connectivity index (χ1n) is 8.45. The number of benzene rings is 3. The van der Waals surface area contributed by atoms with Crippen molar-refractivity contribution in [3.63, 3.8) is 0 Å². The molecule has 0 aliphatic heterocycles. The van der Waals surface area contributed by atoms with Crippen LogP contribution in [-0.2, 0) is 6.54 Å². The number of aromatic nitrogens is 2. The lowest BCUT2D eigenvalue weighted by Gasteiger charge is -2.12. The molecule has 0 saturated heterocycles. The van der Waals surface area contributed by atoms with Gasteiger partial charge in [-0.05, 0) is 35.9 Å². The first-order valence-corrected chi connectivity index (χ1v) is 8.83. The van der Waals surface area contributed by atoms with Crippen molar-refractivity contribution in [2.45, 2.75) is 12.9 Å². The van der Waals surface area contributed by atoms with E-state index in [0.29, 0.717) is 23.0 Å². The molecule has 0 amide bonds. The number of alkyl halides is 3. The number of nitrogens with zero attached hydrogens (tertiary/aromatic N) is 2. The Morgan fingerprint density at radius 2 is 1.71 bits per heavy atom. The molecular formula is C21H14ClF3N2O. The Morgan fingerprint density at radius 1 is 0.929 bits per heavy atom. The van der Waals surface area contributed by atoms with Crippen LogP contribution < -0.4 is 4.74 Å². The van der Waals surface area contributed by atoms with E-state index in [4.69, 9.17) is 16.6 Å². The molecule has 0 bridgehead atoms. The lowest BCUT2D eigenvalue weighted by molar-refractivity contribution is -0.274. The molecule has 1 aromatic heterocycles. The largest absolute Gasteiger partial charge is 0.573 e. The van der Waals surface area contributed by atoms with Crippen molar-refractivity contribution in [3.8, 4) is 17.1 Å². The Morgan fingerprint density at radius 3 is 2.46 bits per heavy atom. The van der Waals surface area contributed by atoms with E-state index in [0.717, 1.165) is 16.6 Å². The highest BCUT2D eigenvalue weighted by Crippen LogP contribution is 2.29. The highest BCUT2D eigenvalue weighted by molar-refractivity contribution is 6.31. The number of ether oxygens (including phenoxy) is 1. The van der Waals surface area contributed by atoms with E-state index < -0.39 is 6.36 Å². The number of hydrogen-bond acceptors (Lipinski definition) is 2. The standard InChI is InChI=1S/C21H14ClF3N2O/c22-16-9-10-18-19(12-16)27(20(26-18)15-6-2-1-3-7-15)13-14-5-4-8-17(11-14)28-21(23,24)25/h1-12H,13H2. The molecule has 4 rings (SSSR count). The predicted molar refractivity (Wildman–Crippen MR) is 102 cm³/mol. The Hall–Kier alpha value is -2.99. The summed E-state index contributed by atoms with van der Waals surface area (Å²) in [4.78, 5) is 4.70. The molecule has 0 atom stereocenters. The fourth-order valence-electron chi connectivity index (χ4n) is 3.09. The van der Waals surface area contributed by atoms with Crippen LogP contribution in [0.5, 0.6) is 5.75 Å². The van der Waals surface area contributed by atoms with Gasteiger partial charge in [-0.25, -0.2) is 4.98 Å². The van der Waals surface area contributed by atoms with Gasteiger partial charge < -0.3 is 9.30 Å². The van der Waals surface area contributed by atoms with Crippen molar-refractivity contribution in [1.29, 1.82) is 0 Å². The molecule has 1 heterocycles. The van der Waals surface area contributed by atoms with Crippen molar-refractivity contribution in [1.82, 2.24) is 9.55 Å². The molecule has 3 aromatic carbocycles. The third kappa shape index (κ3) is 3.97. The van der Waals surface area contributed by atoms with Crippen molar-refractivity contribution >= 4 is 22.6 Å². The molecular weight excluding hydrogens is 389 g/mol. The predicted octanol–water partition coefficient (Wildman–Crippen LogP) is 6.30. The van der Waals surface area contributed by atoms with Gasteiger partial charge in [0.2, 0.25) is 0 Å². The molecule has 0 spiro atoms. The Bertz CT molecular complexity index is 1120. The monoisotopic (exact) mass is 402 g/mol. The summed E-state index contributed by atoms with van der Waals surface area (Å²) in [5, 5.41) is 0.558. The van der Waals surface area contributed by atoms with Gasteiger partial charge in [-0.2, -0.15) is 0 Å². The SMILES string of the molecule is FC(F)(F)Oc1cccc(Cn2c(-c3ccccc3)nc3ccc(Cl)cc32)c1. The van der Waals surface area contributed by atoms with E-state index >= 15 is 0 Å². The summed E-state index contributed by atoms with van der Waals surface area (Å²) in [5.74, 6) is 0.453. The second kappa shape index (κ2) is 7.20. The van der Waals surface area contributed by atoms with Crippen molar-refractivity contribution < 1.29 is 17.9 Å². The van der Waals surface area contributed by atoms with E-state index in [-0.39, 0.29) is 5.75 Å². The Kier molecular flexibility index (Phi) is 4.73. The van der Waals surface area contributed by atoms with Crippen molar-refractivity contribution in [3.05, 3.63) is 83.4 Å². The number of fused-ring (bicyclic) bond motifs is 1. The minimum atomic E-state index is -4.73. The van der Waals surface area contributed by atoms with Gasteiger partial charge in [-0.1, -0.05) is 54.1 Å². The van der Waals surface area contributed by atoms with E-state index in [1.807, 2.05) is 41.0 Å². The number of halogens is 4. The van der Waals surface area contributed by atoms with Crippen molar-refractivity contribution in [2.24, 2.45) is 0 Å². The molecule has 0 fully saturated rings. The van der Waals surface area contributed by atoms with Gasteiger partial charge in [0.15, 0.2) is 0 Å². The zero-order chi connectivity index (χ0) is 19.7. The summed E-state index contributed by atoms with van der Waals surface area (Å²) in [6.07, 6.45) is -4.73. The van der Waals surface area contributed by atoms with Gasteiger partial charge in [-0.3, -0.25) is 0 Å². The van der Waals surface area contributed by atoms with Crippen LogP contribution in [0.15, 0.2) is 72.8 Å². The molecule has 0 radical (unpaired) electrons. The molecule has 142 valence electrons. The number of imidazole rings is 1. The average Bonchev–Trinajstić information content (AvgIpc) is 2.99. The van der Waals surface area contributed by atoms with Gasteiger partial charge in [0.05, 0.1) is 11.0 Å². The fraction of sp³-hybridized carbons (Fsp3) is 0.0952. The zero-order valence-electron chi connectivity index (χ0n) is 14.4. The van der Waals surface area contributed by atoms with Crippen LogP contribution in [0.4, 0.5) is 13.2 Å². The Balaban J connectivity index is 1.80. The lowest BCUT2D eigenvalue weighted by Crippen LogP contribution is -2.17. The number of hydrogen-bond donors (Lipinski definition) is 0. The van der Waals surface area contributed by atoms with Crippen LogP contribution in [0.3, 0.4) is 0 Å². The summed E-state index contributed by atoms with van der Waals surface area (Å²) in [6.45, 7) is 0.316. The molecule has 0 aliphatic carbocycles. The highest BCUT2D eigenvalue weighted by Gasteiger charge is 2.31. The van der Waals surface area contributed by atoms with Crippen LogP contribution in [0, 0.1) is 0 Å². The summed E-state index contributed by atoms with van der Waals surface area (Å²) in [6, 6.07) is 20.9. The maximum Gasteiger partial charge on any atom is 0.573 e. The second-order valence-corrected chi connectivity index (χ2v) is 6.65. The molecule has 0 unspecified atom stereocenters. The smallest absolute Gasteiger partial charge is 0.406 e. The maximum absolute atomic E-state index is 12.5. The Labute approximate surface area is 164 Å². The normalized spacial score (nSPS) is 11.7. The highest BCUT2D eigenvalue weighted by atomic mass is 35.5. The third-order valence-electron chi connectivity index (χ3n) is 4.21. The molecule has 3 nitrogen and oxygen atoms in total. The molecule has 7 heteroatoms. The average molecular weight is 403 g/mol. The number of rotatable bonds is 4. The lowest BCUT2D eigenvalue weighted by atomic mass is 10.2. The van der Waals surface area contributed by atoms with E-state index in [1.54, 1.807) is 18.2 Å². The fourth-order valence-corrected chi connectivity index (χ4v) is 3.25. The first kappa shape index (κ1) is 18.4. The zero-order valence-corrected chi connectivity index (χ0v) is 15.2. The van der Waals surface area contributed by atoms with Crippen LogP contribution in [0.1, 0.15) is 5.56 Å². The van der Waals surface area contributed by atoms with E-state index in [1.165, 1.54) is 18.2 Å².